The SMILES string of the molecule is CCCCCNC(=O)Nc1ccc(C)c(C(=O)O)c1. The Labute approximate surface area is 113 Å². The highest BCUT2D eigenvalue weighted by Gasteiger charge is 2.09. The molecule has 0 fully saturated rings. The maximum absolute atomic E-state index is 11.6. The van der Waals surface area contributed by atoms with Crippen LogP contribution < -0.4 is 10.6 Å². The summed E-state index contributed by atoms with van der Waals surface area (Å²) in [6, 6.07) is 4.52. The van der Waals surface area contributed by atoms with Crippen LogP contribution in [-0.2, 0) is 0 Å². The molecule has 0 aliphatic heterocycles. The Kier molecular flexibility index (Phi) is 5.85. The summed E-state index contributed by atoms with van der Waals surface area (Å²) in [6.45, 7) is 4.44. The monoisotopic (exact) mass is 264 g/mol. The fraction of sp³-hybridized carbons (Fsp3) is 0.429. The summed E-state index contributed by atoms with van der Waals surface area (Å²) in [5.41, 5.74) is 1.35. The Morgan fingerprint density at radius 3 is 2.63 bits per heavy atom. The molecule has 0 atom stereocenters. The lowest BCUT2D eigenvalue weighted by Crippen LogP contribution is -2.29. The van der Waals surface area contributed by atoms with E-state index in [2.05, 4.69) is 17.6 Å². The van der Waals surface area contributed by atoms with Gasteiger partial charge in [0, 0.05) is 12.2 Å². The zero-order chi connectivity index (χ0) is 14.3. The topological polar surface area (TPSA) is 78.4 Å². The van der Waals surface area contributed by atoms with Crippen molar-refractivity contribution in [2.24, 2.45) is 0 Å². The Hall–Kier alpha value is -2.04. The third-order valence-electron chi connectivity index (χ3n) is 2.79. The number of carboxylic acids is 1. The van der Waals surface area contributed by atoms with Crippen molar-refractivity contribution < 1.29 is 14.7 Å². The molecule has 1 rings (SSSR count). The molecule has 104 valence electrons. The highest BCUT2D eigenvalue weighted by Crippen LogP contribution is 2.15. The molecule has 5 heteroatoms. The Balaban J connectivity index is 2.55. The number of amides is 2. The second-order valence-electron chi connectivity index (χ2n) is 4.42. The van der Waals surface area contributed by atoms with Gasteiger partial charge in [0.25, 0.3) is 0 Å². The number of anilines is 1. The predicted octanol–water partition coefficient (Wildman–Crippen LogP) is 3.00. The third kappa shape index (κ3) is 4.99. The van der Waals surface area contributed by atoms with Crippen LogP contribution >= 0.6 is 0 Å². The van der Waals surface area contributed by atoms with Crippen molar-refractivity contribution in [1.29, 1.82) is 0 Å². The molecule has 0 saturated heterocycles. The lowest BCUT2D eigenvalue weighted by atomic mass is 10.1. The molecule has 2 amide bonds. The normalized spacial score (nSPS) is 10.0. The van der Waals surface area contributed by atoms with E-state index in [1.54, 1.807) is 19.1 Å². The van der Waals surface area contributed by atoms with Crippen molar-refractivity contribution in [2.75, 3.05) is 11.9 Å². The first kappa shape index (κ1) is 15.0. The summed E-state index contributed by atoms with van der Waals surface area (Å²) in [7, 11) is 0. The molecular weight excluding hydrogens is 244 g/mol. The van der Waals surface area contributed by atoms with Gasteiger partial charge in [-0.2, -0.15) is 0 Å². The van der Waals surface area contributed by atoms with Crippen LogP contribution in [0.25, 0.3) is 0 Å². The summed E-state index contributed by atoms with van der Waals surface area (Å²) < 4.78 is 0. The number of carboxylic acid groups (broad SMARTS) is 1. The number of unbranched alkanes of at least 4 members (excludes halogenated alkanes) is 2. The molecule has 0 radical (unpaired) electrons. The van der Waals surface area contributed by atoms with Gasteiger partial charge in [-0.05, 0) is 31.0 Å². The van der Waals surface area contributed by atoms with Crippen molar-refractivity contribution in [1.82, 2.24) is 5.32 Å². The van der Waals surface area contributed by atoms with E-state index in [1.165, 1.54) is 6.07 Å². The van der Waals surface area contributed by atoms with Gasteiger partial charge in [0.15, 0.2) is 0 Å². The van der Waals surface area contributed by atoms with E-state index in [0.717, 1.165) is 19.3 Å². The second-order valence-corrected chi connectivity index (χ2v) is 4.42. The standard InChI is InChI=1S/C14H20N2O3/c1-3-4-5-8-15-14(19)16-11-7-6-10(2)12(9-11)13(17)18/h6-7,9H,3-5,8H2,1-2H3,(H,17,18)(H2,15,16,19). The molecule has 0 heterocycles. The highest BCUT2D eigenvalue weighted by atomic mass is 16.4. The molecule has 0 aromatic heterocycles. The van der Waals surface area contributed by atoms with Gasteiger partial charge >= 0.3 is 12.0 Å². The van der Waals surface area contributed by atoms with Crippen molar-refractivity contribution in [3.63, 3.8) is 0 Å². The summed E-state index contributed by atoms with van der Waals surface area (Å²) in [5.74, 6) is -0.996. The van der Waals surface area contributed by atoms with Crippen LogP contribution in [0.3, 0.4) is 0 Å². The smallest absolute Gasteiger partial charge is 0.336 e. The molecule has 0 aliphatic rings. The maximum atomic E-state index is 11.6. The minimum absolute atomic E-state index is 0.198. The van der Waals surface area contributed by atoms with Crippen LogP contribution in [0.4, 0.5) is 10.5 Å². The molecule has 3 N–H and O–H groups in total. The number of aryl methyl sites for hydroxylation is 1. The average Bonchev–Trinajstić information content (AvgIpc) is 2.36. The molecule has 0 aliphatic carbocycles. The average molecular weight is 264 g/mol. The third-order valence-corrected chi connectivity index (χ3v) is 2.79. The van der Waals surface area contributed by atoms with Crippen LogP contribution in [0, 0.1) is 6.92 Å². The van der Waals surface area contributed by atoms with Gasteiger partial charge in [0.1, 0.15) is 0 Å². The summed E-state index contributed by atoms with van der Waals surface area (Å²) in [6.07, 6.45) is 3.12. The predicted molar refractivity (Wildman–Crippen MR) is 74.7 cm³/mol. The van der Waals surface area contributed by atoms with Gasteiger partial charge < -0.3 is 15.7 Å². The number of urea groups is 1. The van der Waals surface area contributed by atoms with Crippen molar-refractivity contribution in [3.05, 3.63) is 29.3 Å². The molecule has 1 aromatic rings. The van der Waals surface area contributed by atoms with Crippen LogP contribution in [-0.4, -0.2) is 23.7 Å². The van der Waals surface area contributed by atoms with Crippen molar-refractivity contribution in [3.8, 4) is 0 Å². The van der Waals surface area contributed by atoms with E-state index in [1.807, 2.05) is 0 Å². The van der Waals surface area contributed by atoms with Crippen LogP contribution in [0.15, 0.2) is 18.2 Å². The van der Waals surface area contributed by atoms with E-state index >= 15 is 0 Å². The number of hydrogen-bond acceptors (Lipinski definition) is 2. The quantitative estimate of drug-likeness (QED) is 0.691. The van der Waals surface area contributed by atoms with Crippen molar-refractivity contribution in [2.45, 2.75) is 33.1 Å². The van der Waals surface area contributed by atoms with Crippen LogP contribution in [0.5, 0.6) is 0 Å². The minimum Gasteiger partial charge on any atom is -0.478 e. The summed E-state index contributed by atoms with van der Waals surface area (Å²) in [4.78, 5) is 22.5. The lowest BCUT2D eigenvalue weighted by Gasteiger charge is -2.09. The molecular formula is C14H20N2O3. The van der Waals surface area contributed by atoms with Crippen LogP contribution in [0.2, 0.25) is 0 Å². The van der Waals surface area contributed by atoms with E-state index in [-0.39, 0.29) is 11.6 Å². The number of nitrogens with one attached hydrogen (secondary N) is 2. The first-order valence-corrected chi connectivity index (χ1v) is 6.43. The van der Waals surface area contributed by atoms with Gasteiger partial charge in [0.05, 0.1) is 5.56 Å². The Bertz CT molecular complexity index is 458. The fourth-order valence-corrected chi connectivity index (χ4v) is 1.68. The zero-order valence-electron chi connectivity index (χ0n) is 11.3. The molecule has 0 spiro atoms. The first-order chi connectivity index (χ1) is 9.04. The number of hydrogen-bond donors (Lipinski definition) is 3. The fourth-order valence-electron chi connectivity index (χ4n) is 1.68. The van der Waals surface area contributed by atoms with Gasteiger partial charge in [-0.1, -0.05) is 25.8 Å². The van der Waals surface area contributed by atoms with E-state index in [4.69, 9.17) is 5.11 Å². The van der Waals surface area contributed by atoms with Gasteiger partial charge in [-0.3, -0.25) is 0 Å². The molecule has 19 heavy (non-hydrogen) atoms. The number of carbonyl (C=O) groups excluding carboxylic acids is 1. The first-order valence-electron chi connectivity index (χ1n) is 6.43. The molecule has 0 saturated carbocycles. The second kappa shape index (κ2) is 7.41. The van der Waals surface area contributed by atoms with E-state index in [0.29, 0.717) is 17.8 Å². The molecule has 5 nitrogen and oxygen atoms in total. The minimum atomic E-state index is -0.996. The Morgan fingerprint density at radius 1 is 1.26 bits per heavy atom. The maximum Gasteiger partial charge on any atom is 0.336 e. The van der Waals surface area contributed by atoms with Gasteiger partial charge in [-0.25, -0.2) is 9.59 Å². The molecule has 0 bridgehead atoms. The number of benzene rings is 1. The van der Waals surface area contributed by atoms with E-state index in [9.17, 15) is 9.59 Å². The largest absolute Gasteiger partial charge is 0.478 e. The molecule has 0 unspecified atom stereocenters. The number of aromatic carboxylic acids is 1. The summed E-state index contributed by atoms with van der Waals surface area (Å²) in [5, 5.41) is 14.4. The molecule has 1 aromatic carbocycles. The highest BCUT2D eigenvalue weighted by molar-refractivity contribution is 5.94. The lowest BCUT2D eigenvalue weighted by molar-refractivity contribution is 0.0696. The van der Waals surface area contributed by atoms with Gasteiger partial charge in [0.2, 0.25) is 0 Å². The van der Waals surface area contributed by atoms with Gasteiger partial charge in [-0.15, -0.1) is 0 Å². The number of rotatable bonds is 6. The number of carbonyl (C=O) groups is 2. The Morgan fingerprint density at radius 2 is 2.00 bits per heavy atom. The van der Waals surface area contributed by atoms with Crippen molar-refractivity contribution >= 4 is 17.7 Å². The van der Waals surface area contributed by atoms with Crippen LogP contribution in [0.1, 0.15) is 42.1 Å². The van der Waals surface area contributed by atoms with E-state index < -0.39 is 5.97 Å². The zero-order valence-corrected chi connectivity index (χ0v) is 11.3. The summed E-state index contributed by atoms with van der Waals surface area (Å²) >= 11 is 0.